The van der Waals surface area contributed by atoms with Gasteiger partial charge < -0.3 is 10.6 Å². The summed E-state index contributed by atoms with van der Waals surface area (Å²) in [5.74, 6) is 0.0254. The van der Waals surface area contributed by atoms with Crippen molar-refractivity contribution < 1.29 is 4.79 Å². The van der Waals surface area contributed by atoms with Crippen molar-refractivity contribution in [3.63, 3.8) is 0 Å². The highest BCUT2D eigenvalue weighted by Gasteiger charge is 2.08. The molecule has 0 radical (unpaired) electrons. The summed E-state index contributed by atoms with van der Waals surface area (Å²) >= 11 is 3.41. The van der Waals surface area contributed by atoms with Gasteiger partial charge in [-0.1, -0.05) is 15.9 Å². The number of hydrogen-bond donors (Lipinski definition) is 2. The Morgan fingerprint density at radius 2 is 2.16 bits per heavy atom. The molecular weight excluding hydrogens is 306 g/mol. The highest BCUT2D eigenvalue weighted by Crippen LogP contribution is 2.19. The minimum Gasteiger partial charge on any atom is -0.325 e. The summed E-state index contributed by atoms with van der Waals surface area (Å²) < 4.78 is 1.02. The largest absolute Gasteiger partial charge is 0.325 e. The molecule has 0 aromatic heterocycles. The van der Waals surface area contributed by atoms with E-state index in [0.29, 0.717) is 6.54 Å². The normalized spacial score (nSPS) is 10.8. The van der Waals surface area contributed by atoms with Crippen molar-refractivity contribution in [1.82, 2.24) is 10.2 Å². The SMILES string of the molecule is CNCCCN(C)CC(=O)Nc1ccc(Br)cc1C. The lowest BCUT2D eigenvalue weighted by Gasteiger charge is -2.16. The van der Waals surface area contributed by atoms with Gasteiger partial charge in [0.05, 0.1) is 6.54 Å². The second kappa shape index (κ2) is 8.30. The maximum Gasteiger partial charge on any atom is 0.238 e. The molecule has 0 bridgehead atoms. The zero-order valence-corrected chi connectivity index (χ0v) is 13.4. The molecule has 0 aliphatic carbocycles. The van der Waals surface area contributed by atoms with E-state index in [-0.39, 0.29) is 5.91 Å². The van der Waals surface area contributed by atoms with Crippen molar-refractivity contribution in [2.75, 3.05) is 39.0 Å². The number of anilines is 1. The summed E-state index contributed by atoms with van der Waals surface area (Å²) in [7, 11) is 3.90. The van der Waals surface area contributed by atoms with Crippen LogP contribution in [0.15, 0.2) is 22.7 Å². The third-order valence-corrected chi connectivity index (χ3v) is 3.34. The molecule has 1 amide bonds. The van der Waals surface area contributed by atoms with Gasteiger partial charge in [-0.3, -0.25) is 9.69 Å². The van der Waals surface area contributed by atoms with E-state index in [1.54, 1.807) is 0 Å². The summed E-state index contributed by atoms with van der Waals surface area (Å²) in [5, 5.41) is 6.04. The van der Waals surface area contributed by atoms with E-state index in [2.05, 4.69) is 26.6 Å². The highest BCUT2D eigenvalue weighted by atomic mass is 79.9. The Bertz CT molecular complexity index is 423. The van der Waals surface area contributed by atoms with E-state index < -0.39 is 0 Å². The molecule has 1 aromatic carbocycles. The van der Waals surface area contributed by atoms with Crippen LogP contribution in [-0.4, -0.2) is 44.5 Å². The average molecular weight is 328 g/mol. The lowest BCUT2D eigenvalue weighted by atomic mass is 10.2. The van der Waals surface area contributed by atoms with E-state index in [1.807, 2.05) is 44.1 Å². The van der Waals surface area contributed by atoms with Crippen molar-refractivity contribution >= 4 is 27.5 Å². The lowest BCUT2D eigenvalue weighted by molar-refractivity contribution is -0.117. The fourth-order valence-electron chi connectivity index (χ4n) is 1.81. The van der Waals surface area contributed by atoms with Crippen molar-refractivity contribution in [2.45, 2.75) is 13.3 Å². The van der Waals surface area contributed by atoms with Crippen LogP contribution in [0.2, 0.25) is 0 Å². The smallest absolute Gasteiger partial charge is 0.238 e. The number of aryl methyl sites for hydroxylation is 1. The molecule has 4 nitrogen and oxygen atoms in total. The van der Waals surface area contributed by atoms with Gasteiger partial charge in [0.2, 0.25) is 5.91 Å². The monoisotopic (exact) mass is 327 g/mol. The number of rotatable bonds is 7. The van der Waals surface area contributed by atoms with Crippen molar-refractivity contribution in [2.24, 2.45) is 0 Å². The molecule has 0 saturated carbocycles. The Kier molecular flexibility index (Phi) is 7.05. The summed E-state index contributed by atoms with van der Waals surface area (Å²) in [6.07, 6.45) is 1.04. The van der Waals surface area contributed by atoms with Gasteiger partial charge in [0.1, 0.15) is 0 Å². The van der Waals surface area contributed by atoms with Gasteiger partial charge in [0, 0.05) is 10.2 Å². The number of halogens is 1. The van der Waals surface area contributed by atoms with Gasteiger partial charge in [-0.25, -0.2) is 0 Å². The van der Waals surface area contributed by atoms with Crippen LogP contribution in [0.3, 0.4) is 0 Å². The molecule has 1 rings (SSSR count). The van der Waals surface area contributed by atoms with Crippen LogP contribution in [-0.2, 0) is 4.79 Å². The van der Waals surface area contributed by atoms with Crippen molar-refractivity contribution in [3.05, 3.63) is 28.2 Å². The van der Waals surface area contributed by atoms with Crippen LogP contribution in [0.1, 0.15) is 12.0 Å². The molecular formula is C14H22BrN3O. The predicted octanol–water partition coefficient (Wildman–Crippen LogP) is 2.24. The summed E-state index contributed by atoms with van der Waals surface area (Å²) in [6.45, 7) is 4.28. The first-order valence-corrected chi connectivity index (χ1v) is 7.21. The molecule has 19 heavy (non-hydrogen) atoms. The average Bonchev–Trinajstić information content (AvgIpc) is 2.33. The molecule has 0 aliphatic rings. The molecule has 1 aromatic rings. The molecule has 5 heteroatoms. The Morgan fingerprint density at radius 3 is 2.79 bits per heavy atom. The molecule has 0 spiro atoms. The summed E-state index contributed by atoms with van der Waals surface area (Å²) in [6, 6.07) is 5.84. The highest BCUT2D eigenvalue weighted by molar-refractivity contribution is 9.10. The third kappa shape index (κ3) is 6.18. The Morgan fingerprint density at radius 1 is 1.42 bits per heavy atom. The molecule has 0 atom stereocenters. The Balaban J connectivity index is 2.42. The third-order valence-electron chi connectivity index (χ3n) is 2.84. The van der Waals surface area contributed by atoms with Crippen LogP contribution in [0.5, 0.6) is 0 Å². The fraction of sp³-hybridized carbons (Fsp3) is 0.500. The predicted molar refractivity (Wildman–Crippen MR) is 83.5 cm³/mol. The molecule has 0 unspecified atom stereocenters. The van der Waals surface area contributed by atoms with Crippen molar-refractivity contribution in [1.29, 1.82) is 0 Å². The van der Waals surface area contributed by atoms with Gasteiger partial charge in [0.15, 0.2) is 0 Å². The van der Waals surface area contributed by atoms with Gasteiger partial charge >= 0.3 is 0 Å². The number of amides is 1. The van der Waals surface area contributed by atoms with Crippen LogP contribution in [0, 0.1) is 6.92 Å². The zero-order chi connectivity index (χ0) is 14.3. The molecule has 0 saturated heterocycles. The molecule has 106 valence electrons. The minimum absolute atomic E-state index is 0.0254. The number of nitrogens with zero attached hydrogens (tertiary/aromatic N) is 1. The minimum atomic E-state index is 0.0254. The number of benzene rings is 1. The van der Waals surface area contributed by atoms with E-state index >= 15 is 0 Å². The van der Waals surface area contributed by atoms with Gasteiger partial charge in [-0.15, -0.1) is 0 Å². The maximum absolute atomic E-state index is 11.9. The van der Waals surface area contributed by atoms with Crippen LogP contribution >= 0.6 is 15.9 Å². The van der Waals surface area contributed by atoms with Crippen LogP contribution in [0.4, 0.5) is 5.69 Å². The van der Waals surface area contributed by atoms with Crippen molar-refractivity contribution in [3.8, 4) is 0 Å². The topological polar surface area (TPSA) is 44.4 Å². The lowest BCUT2D eigenvalue weighted by Crippen LogP contribution is -2.32. The molecule has 2 N–H and O–H groups in total. The maximum atomic E-state index is 11.9. The molecule has 0 fully saturated rings. The Hall–Kier alpha value is -0.910. The summed E-state index contributed by atoms with van der Waals surface area (Å²) in [4.78, 5) is 13.9. The van der Waals surface area contributed by atoms with Crippen LogP contribution in [0.25, 0.3) is 0 Å². The quantitative estimate of drug-likeness (QED) is 0.755. The molecule has 0 heterocycles. The number of carbonyl (C=O) groups excluding carboxylic acids is 1. The zero-order valence-electron chi connectivity index (χ0n) is 11.8. The van der Waals surface area contributed by atoms with E-state index in [4.69, 9.17) is 0 Å². The fourth-order valence-corrected chi connectivity index (χ4v) is 2.28. The standard InChI is InChI=1S/C14H22BrN3O/c1-11-9-12(15)5-6-13(11)17-14(19)10-18(3)8-4-7-16-2/h5-6,9,16H,4,7-8,10H2,1-3H3,(H,17,19). The number of carbonyl (C=O) groups is 1. The second-order valence-electron chi connectivity index (χ2n) is 4.70. The van der Waals surface area contributed by atoms with E-state index in [1.165, 1.54) is 0 Å². The van der Waals surface area contributed by atoms with E-state index in [0.717, 1.165) is 35.2 Å². The second-order valence-corrected chi connectivity index (χ2v) is 5.62. The van der Waals surface area contributed by atoms with Gasteiger partial charge in [-0.05, 0) is 64.3 Å². The summed E-state index contributed by atoms with van der Waals surface area (Å²) in [5.41, 5.74) is 1.93. The molecule has 0 aliphatic heterocycles. The van der Waals surface area contributed by atoms with Gasteiger partial charge in [-0.2, -0.15) is 0 Å². The number of likely N-dealkylation sites (N-methyl/N-ethyl adjacent to an activating group) is 1. The van der Waals surface area contributed by atoms with Gasteiger partial charge in [0.25, 0.3) is 0 Å². The first kappa shape index (κ1) is 16.1. The number of nitrogens with one attached hydrogen (secondary N) is 2. The Labute approximate surface area is 123 Å². The first-order chi connectivity index (χ1) is 9.02. The van der Waals surface area contributed by atoms with E-state index in [9.17, 15) is 4.79 Å². The first-order valence-electron chi connectivity index (χ1n) is 6.42. The van der Waals surface area contributed by atoms with Crippen LogP contribution < -0.4 is 10.6 Å². The number of hydrogen-bond acceptors (Lipinski definition) is 3.